The Hall–Kier alpha value is -2.09. The summed E-state index contributed by atoms with van der Waals surface area (Å²) >= 11 is 11.8. The molecule has 3 rings (SSSR count). The molecule has 1 N–H and O–H groups in total. The highest BCUT2D eigenvalue weighted by Crippen LogP contribution is 2.25. The first kappa shape index (κ1) is 20.6. The molecule has 1 fully saturated rings. The number of piperazine rings is 1. The molecule has 0 unspecified atom stereocenters. The highest BCUT2D eigenvalue weighted by Gasteiger charge is 2.24. The standard InChI is InChI=1S/C19H22Cl2N4O3/c1-12-15(13(2)28-23-12)10-19(27)25-7-5-24(6-8-25)11-18(26)22-14-3-4-16(20)17(21)9-14/h3-4,9H,5-8,10-11H2,1-2H3,(H,22,26). The number of aryl methyl sites for hydroxylation is 2. The van der Waals surface area contributed by atoms with Crippen molar-refractivity contribution in [3.63, 3.8) is 0 Å². The summed E-state index contributed by atoms with van der Waals surface area (Å²) in [6.07, 6.45) is 0.291. The van der Waals surface area contributed by atoms with E-state index in [0.29, 0.717) is 54.1 Å². The zero-order valence-electron chi connectivity index (χ0n) is 15.8. The van der Waals surface area contributed by atoms with Crippen molar-refractivity contribution in [2.75, 3.05) is 38.0 Å². The highest BCUT2D eigenvalue weighted by molar-refractivity contribution is 6.42. The maximum absolute atomic E-state index is 12.5. The van der Waals surface area contributed by atoms with Crippen LogP contribution in [-0.2, 0) is 16.0 Å². The van der Waals surface area contributed by atoms with Crippen molar-refractivity contribution in [3.8, 4) is 0 Å². The summed E-state index contributed by atoms with van der Waals surface area (Å²) < 4.78 is 5.12. The predicted molar refractivity (Wildman–Crippen MR) is 108 cm³/mol. The van der Waals surface area contributed by atoms with Gasteiger partial charge in [0.25, 0.3) is 0 Å². The largest absolute Gasteiger partial charge is 0.361 e. The molecular formula is C19H22Cl2N4O3. The van der Waals surface area contributed by atoms with Crippen molar-refractivity contribution in [2.45, 2.75) is 20.3 Å². The molecule has 1 aliphatic rings. The minimum absolute atomic E-state index is 0.0503. The van der Waals surface area contributed by atoms with E-state index in [1.165, 1.54) is 0 Å². The molecule has 0 radical (unpaired) electrons. The van der Waals surface area contributed by atoms with Crippen molar-refractivity contribution >= 4 is 40.7 Å². The third-order valence-electron chi connectivity index (χ3n) is 4.80. The van der Waals surface area contributed by atoms with Crippen LogP contribution in [0.3, 0.4) is 0 Å². The molecule has 1 aromatic carbocycles. The zero-order valence-corrected chi connectivity index (χ0v) is 17.3. The van der Waals surface area contributed by atoms with Crippen LogP contribution in [0, 0.1) is 13.8 Å². The molecule has 1 aliphatic heterocycles. The second kappa shape index (κ2) is 8.94. The fourth-order valence-electron chi connectivity index (χ4n) is 3.15. The summed E-state index contributed by atoms with van der Waals surface area (Å²) in [4.78, 5) is 28.6. The van der Waals surface area contributed by atoms with E-state index in [-0.39, 0.29) is 18.4 Å². The average molecular weight is 425 g/mol. The molecule has 0 spiro atoms. The van der Waals surface area contributed by atoms with Crippen LogP contribution in [0.15, 0.2) is 22.7 Å². The highest BCUT2D eigenvalue weighted by atomic mass is 35.5. The van der Waals surface area contributed by atoms with E-state index >= 15 is 0 Å². The third kappa shape index (κ3) is 5.04. The van der Waals surface area contributed by atoms with E-state index in [2.05, 4.69) is 10.5 Å². The number of rotatable bonds is 5. The second-order valence-electron chi connectivity index (χ2n) is 6.81. The quantitative estimate of drug-likeness (QED) is 0.797. The number of carbonyl (C=O) groups excluding carboxylic acids is 2. The summed E-state index contributed by atoms with van der Waals surface area (Å²) in [5, 5.41) is 7.54. The van der Waals surface area contributed by atoms with Crippen molar-refractivity contribution < 1.29 is 14.1 Å². The van der Waals surface area contributed by atoms with Crippen LogP contribution in [0.5, 0.6) is 0 Å². The van der Waals surface area contributed by atoms with Crippen LogP contribution < -0.4 is 5.32 Å². The Morgan fingerprint density at radius 2 is 1.86 bits per heavy atom. The normalized spacial score (nSPS) is 14.9. The van der Waals surface area contributed by atoms with E-state index in [4.69, 9.17) is 27.7 Å². The molecule has 1 saturated heterocycles. The number of anilines is 1. The van der Waals surface area contributed by atoms with Crippen LogP contribution in [0.4, 0.5) is 5.69 Å². The first-order valence-electron chi connectivity index (χ1n) is 9.00. The second-order valence-corrected chi connectivity index (χ2v) is 7.63. The lowest BCUT2D eigenvalue weighted by atomic mass is 10.1. The van der Waals surface area contributed by atoms with Gasteiger partial charge >= 0.3 is 0 Å². The first-order chi connectivity index (χ1) is 13.3. The van der Waals surface area contributed by atoms with Gasteiger partial charge < -0.3 is 14.7 Å². The number of nitrogens with zero attached hydrogens (tertiary/aromatic N) is 3. The smallest absolute Gasteiger partial charge is 0.238 e. The molecule has 9 heteroatoms. The number of nitrogens with one attached hydrogen (secondary N) is 1. The van der Waals surface area contributed by atoms with Gasteiger partial charge in [-0.25, -0.2) is 0 Å². The molecule has 150 valence electrons. The van der Waals surface area contributed by atoms with Crippen LogP contribution >= 0.6 is 23.2 Å². The van der Waals surface area contributed by atoms with E-state index in [1.54, 1.807) is 18.2 Å². The van der Waals surface area contributed by atoms with Gasteiger partial charge in [0.15, 0.2) is 0 Å². The van der Waals surface area contributed by atoms with Crippen LogP contribution in [-0.4, -0.2) is 59.5 Å². The van der Waals surface area contributed by atoms with Gasteiger partial charge in [-0.15, -0.1) is 0 Å². The Labute approximate surface area is 173 Å². The van der Waals surface area contributed by atoms with Crippen molar-refractivity contribution in [1.29, 1.82) is 0 Å². The maximum atomic E-state index is 12.5. The molecule has 2 heterocycles. The number of hydrogen-bond acceptors (Lipinski definition) is 5. The molecule has 1 aromatic heterocycles. The van der Waals surface area contributed by atoms with E-state index < -0.39 is 0 Å². The lowest BCUT2D eigenvalue weighted by molar-refractivity contribution is -0.132. The van der Waals surface area contributed by atoms with Crippen LogP contribution in [0.1, 0.15) is 17.0 Å². The van der Waals surface area contributed by atoms with Gasteiger partial charge in [-0.3, -0.25) is 14.5 Å². The first-order valence-corrected chi connectivity index (χ1v) is 9.76. The van der Waals surface area contributed by atoms with E-state index in [1.807, 2.05) is 23.6 Å². The Bertz CT molecular complexity index is 857. The average Bonchev–Trinajstić information content (AvgIpc) is 2.97. The minimum Gasteiger partial charge on any atom is -0.361 e. The lowest BCUT2D eigenvalue weighted by Gasteiger charge is -2.34. The molecule has 28 heavy (non-hydrogen) atoms. The summed E-state index contributed by atoms with van der Waals surface area (Å²) in [5.41, 5.74) is 2.21. The fraction of sp³-hybridized carbons (Fsp3) is 0.421. The Morgan fingerprint density at radius 3 is 2.46 bits per heavy atom. The summed E-state index contributed by atoms with van der Waals surface area (Å²) in [6, 6.07) is 4.97. The van der Waals surface area contributed by atoms with Crippen LogP contribution in [0.25, 0.3) is 0 Å². The Morgan fingerprint density at radius 1 is 1.14 bits per heavy atom. The fourth-order valence-corrected chi connectivity index (χ4v) is 3.45. The van der Waals surface area contributed by atoms with Gasteiger partial charge in [0.05, 0.1) is 28.7 Å². The molecule has 2 aromatic rings. The SMILES string of the molecule is Cc1noc(C)c1CC(=O)N1CCN(CC(=O)Nc2ccc(Cl)c(Cl)c2)CC1. The maximum Gasteiger partial charge on any atom is 0.238 e. The van der Waals surface area contributed by atoms with Crippen molar-refractivity contribution in [1.82, 2.24) is 15.0 Å². The third-order valence-corrected chi connectivity index (χ3v) is 5.54. The van der Waals surface area contributed by atoms with Crippen molar-refractivity contribution in [2.24, 2.45) is 0 Å². The monoisotopic (exact) mass is 424 g/mol. The minimum atomic E-state index is -0.131. The predicted octanol–water partition coefficient (Wildman–Crippen LogP) is 2.92. The van der Waals surface area contributed by atoms with Gasteiger partial charge in [-0.2, -0.15) is 0 Å². The van der Waals surface area contributed by atoms with Crippen LogP contribution in [0.2, 0.25) is 10.0 Å². The number of carbonyl (C=O) groups is 2. The van der Waals surface area contributed by atoms with E-state index in [9.17, 15) is 9.59 Å². The zero-order chi connectivity index (χ0) is 20.3. The Kier molecular flexibility index (Phi) is 6.59. The molecule has 0 saturated carbocycles. The number of halogens is 2. The number of hydrogen-bond donors (Lipinski definition) is 1. The van der Waals surface area contributed by atoms with Gasteiger partial charge in [0, 0.05) is 37.4 Å². The van der Waals surface area contributed by atoms with Gasteiger partial charge in [0.2, 0.25) is 11.8 Å². The van der Waals surface area contributed by atoms with Crippen molar-refractivity contribution in [3.05, 3.63) is 45.3 Å². The Balaban J connectivity index is 1.46. The molecule has 0 bridgehead atoms. The molecular weight excluding hydrogens is 403 g/mol. The summed E-state index contributed by atoms with van der Waals surface area (Å²) in [6.45, 7) is 6.36. The molecule has 7 nitrogen and oxygen atoms in total. The van der Waals surface area contributed by atoms with E-state index in [0.717, 1.165) is 11.3 Å². The van der Waals surface area contributed by atoms with Gasteiger partial charge in [0.1, 0.15) is 5.76 Å². The van der Waals surface area contributed by atoms with Gasteiger partial charge in [-0.1, -0.05) is 28.4 Å². The van der Waals surface area contributed by atoms with Gasteiger partial charge in [-0.05, 0) is 32.0 Å². The lowest BCUT2D eigenvalue weighted by Crippen LogP contribution is -2.50. The topological polar surface area (TPSA) is 78.7 Å². The number of benzene rings is 1. The molecule has 0 aliphatic carbocycles. The number of amides is 2. The molecule has 2 amide bonds. The summed E-state index contributed by atoms with van der Waals surface area (Å²) in [5.74, 6) is 0.603. The summed E-state index contributed by atoms with van der Waals surface area (Å²) in [7, 11) is 0. The molecule has 0 atom stereocenters. The number of aromatic nitrogens is 1.